The fraction of sp³-hybridized carbons (Fsp3) is 0.179. The van der Waals surface area contributed by atoms with Crippen molar-refractivity contribution < 1.29 is 19.1 Å². The predicted octanol–water partition coefficient (Wildman–Crippen LogP) is 5.93. The summed E-state index contributed by atoms with van der Waals surface area (Å²) >= 11 is 3.51. The number of aryl methyl sites for hydroxylation is 4. The lowest BCUT2D eigenvalue weighted by atomic mass is 10.0. The zero-order valence-electron chi connectivity index (χ0n) is 19.9. The number of amides is 4. The minimum atomic E-state index is -0.764. The van der Waals surface area contributed by atoms with Gasteiger partial charge in [-0.05, 0) is 84.6 Å². The summed E-state index contributed by atoms with van der Waals surface area (Å²) < 4.78 is 6.65. The minimum Gasteiger partial charge on any atom is -0.488 e. The van der Waals surface area contributed by atoms with Crippen LogP contribution in [-0.2, 0) is 16.2 Å². The quantitative estimate of drug-likeness (QED) is 0.326. The molecular weight excluding hydrogens is 508 g/mol. The van der Waals surface area contributed by atoms with Crippen LogP contribution in [0.3, 0.4) is 0 Å². The van der Waals surface area contributed by atoms with E-state index in [1.165, 1.54) is 17.2 Å². The Balaban J connectivity index is 1.58. The van der Waals surface area contributed by atoms with Gasteiger partial charge in [0.1, 0.15) is 17.9 Å². The Kier molecular flexibility index (Phi) is 6.89. The normalized spacial score (nSPS) is 14.9. The predicted molar refractivity (Wildman–Crippen MR) is 139 cm³/mol. The van der Waals surface area contributed by atoms with Crippen LogP contribution >= 0.6 is 15.9 Å². The van der Waals surface area contributed by atoms with Gasteiger partial charge in [0.25, 0.3) is 11.8 Å². The van der Waals surface area contributed by atoms with Gasteiger partial charge in [-0.3, -0.25) is 14.9 Å². The first-order valence-corrected chi connectivity index (χ1v) is 11.9. The highest BCUT2D eigenvalue weighted by Crippen LogP contribution is 2.30. The first kappa shape index (κ1) is 24.4. The molecule has 1 heterocycles. The molecule has 0 radical (unpaired) electrons. The average Bonchev–Trinajstić information content (AvgIpc) is 2.76. The number of benzene rings is 3. The lowest BCUT2D eigenvalue weighted by Gasteiger charge is -2.27. The van der Waals surface area contributed by atoms with Gasteiger partial charge in [0, 0.05) is 0 Å². The minimum absolute atomic E-state index is 0.125. The maximum absolute atomic E-state index is 13.2. The molecule has 0 aliphatic carbocycles. The van der Waals surface area contributed by atoms with Gasteiger partial charge in [0.15, 0.2) is 0 Å². The van der Waals surface area contributed by atoms with E-state index in [4.69, 9.17) is 4.74 Å². The van der Waals surface area contributed by atoms with Crippen molar-refractivity contribution in [3.63, 3.8) is 0 Å². The topological polar surface area (TPSA) is 75.7 Å². The fourth-order valence-electron chi connectivity index (χ4n) is 4.14. The van der Waals surface area contributed by atoms with E-state index in [-0.39, 0.29) is 5.57 Å². The summed E-state index contributed by atoms with van der Waals surface area (Å²) in [7, 11) is 0. The first-order chi connectivity index (χ1) is 16.6. The molecule has 0 unspecified atom stereocenters. The number of hydrogen-bond donors (Lipinski definition) is 1. The first-order valence-electron chi connectivity index (χ1n) is 11.1. The molecule has 1 aliphatic rings. The third-order valence-electron chi connectivity index (χ3n) is 5.64. The molecule has 4 amide bonds. The second-order valence-corrected chi connectivity index (χ2v) is 9.58. The molecule has 3 aromatic carbocycles. The summed E-state index contributed by atoms with van der Waals surface area (Å²) in [6.07, 6.45) is 1.47. The number of hydrogen-bond acceptors (Lipinski definition) is 4. The fourth-order valence-corrected chi connectivity index (χ4v) is 4.65. The summed E-state index contributed by atoms with van der Waals surface area (Å²) in [4.78, 5) is 39.2. The van der Waals surface area contributed by atoms with Crippen LogP contribution in [0.5, 0.6) is 5.75 Å². The van der Waals surface area contributed by atoms with E-state index in [0.717, 1.165) is 21.6 Å². The van der Waals surface area contributed by atoms with E-state index in [2.05, 4.69) is 39.4 Å². The molecule has 178 valence electrons. The van der Waals surface area contributed by atoms with Crippen LogP contribution < -0.4 is 15.0 Å². The van der Waals surface area contributed by atoms with E-state index in [1.807, 2.05) is 39.8 Å². The second kappa shape index (κ2) is 9.88. The number of carbonyl (C=O) groups is 3. The number of halogens is 1. The number of ether oxygens (including phenoxy) is 1. The molecule has 0 bridgehead atoms. The SMILES string of the molecule is Cc1cc(C)cc(COc2ccc(/C=C3\C(=O)NC(=O)N(c4ccc(C)cc4C)C3=O)cc2Br)c1. The molecule has 7 heteroatoms. The molecule has 6 nitrogen and oxygen atoms in total. The van der Waals surface area contributed by atoms with E-state index < -0.39 is 17.8 Å². The van der Waals surface area contributed by atoms with Gasteiger partial charge >= 0.3 is 6.03 Å². The van der Waals surface area contributed by atoms with Crippen molar-refractivity contribution in [1.82, 2.24) is 5.32 Å². The Morgan fingerprint density at radius 1 is 0.886 bits per heavy atom. The number of anilines is 1. The van der Waals surface area contributed by atoms with Crippen LogP contribution in [0.2, 0.25) is 0 Å². The van der Waals surface area contributed by atoms with E-state index in [0.29, 0.717) is 28.1 Å². The number of imide groups is 2. The summed E-state index contributed by atoms with van der Waals surface area (Å²) in [5, 5.41) is 2.27. The van der Waals surface area contributed by atoms with Crippen molar-refractivity contribution in [3.8, 4) is 5.75 Å². The molecule has 35 heavy (non-hydrogen) atoms. The molecule has 0 aromatic heterocycles. The van der Waals surface area contributed by atoms with Crippen molar-refractivity contribution in [2.75, 3.05) is 4.90 Å². The standard InChI is InChI=1S/C28H25BrN2O4/c1-16-5-7-24(19(4)10-16)31-27(33)22(26(32)30-28(31)34)13-20-6-8-25(23(29)14-20)35-15-21-11-17(2)9-18(3)12-21/h5-14H,15H2,1-4H3,(H,30,32,34)/b22-13+. The largest absolute Gasteiger partial charge is 0.488 e. The van der Waals surface area contributed by atoms with Crippen molar-refractivity contribution in [3.05, 3.63) is 98.0 Å². The van der Waals surface area contributed by atoms with Crippen molar-refractivity contribution in [2.24, 2.45) is 0 Å². The average molecular weight is 533 g/mol. The number of nitrogens with zero attached hydrogens (tertiary/aromatic N) is 1. The molecule has 0 atom stereocenters. The molecule has 0 spiro atoms. The van der Waals surface area contributed by atoms with Gasteiger partial charge in [-0.15, -0.1) is 0 Å². The Bertz CT molecular complexity index is 1370. The third-order valence-corrected chi connectivity index (χ3v) is 6.26. The number of nitrogens with one attached hydrogen (secondary N) is 1. The van der Waals surface area contributed by atoms with Crippen LogP contribution in [0.1, 0.15) is 33.4 Å². The van der Waals surface area contributed by atoms with Gasteiger partial charge in [0.05, 0.1) is 10.2 Å². The molecule has 0 saturated carbocycles. The Labute approximate surface area is 212 Å². The van der Waals surface area contributed by atoms with Crippen LogP contribution in [0.15, 0.2) is 64.6 Å². The number of barbiturate groups is 1. The maximum atomic E-state index is 13.2. The van der Waals surface area contributed by atoms with Crippen LogP contribution in [0.25, 0.3) is 6.08 Å². The lowest BCUT2D eigenvalue weighted by molar-refractivity contribution is -0.122. The Morgan fingerprint density at radius 3 is 2.26 bits per heavy atom. The summed E-state index contributed by atoms with van der Waals surface area (Å²) in [5.41, 5.74) is 6.11. The number of carbonyl (C=O) groups excluding carboxylic acids is 3. The molecule has 1 saturated heterocycles. The molecule has 4 rings (SSSR count). The van der Waals surface area contributed by atoms with E-state index in [1.54, 1.807) is 24.3 Å². The highest BCUT2D eigenvalue weighted by atomic mass is 79.9. The number of urea groups is 1. The highest BCUT2D eigenvalue weighted by Gasteiger charge is 2.37. The molecule has 1 aliphatic heterocycles. The monoisotopic (exact) mass is 532 g/mol. The van der Waals surface area contributed by atoms with Crippen LogP contribution in [-0.4, -0.2) is 17.8 Å². The van der Waals surface area contributed by atoms with Gasteiger partial charge < -0.3 is 4.74 Å². The van der Waals surface area contributed by atoms with E-state index >= 15 is 0 Å². The smallest absolute Gasteiger partial charge is 0.335 e. The van der Waals surface area contributed by atoms with Gasteiger partial charge in [-0.2, -0.15) is 0 Å². The van der Waals surface area contributed by atoms with Gasteiger partial charge in [-0.1, -0.05) is 53.1 Å². The molecule has 1 fully saturated rings. The van der Waals surface area contributed by atoms with Gasteiger partial charge in [-0.25, -0.2) is 9.69 Å². The van der Waals surface area contributed by atoms with Crippen molar-refractivity contribution in [1.29, 1.82) is 0 Å². The summed E-state index contributed by atoms with van der Waals surface area (Å²) in [5.74, 6) is -0.762. The summed E-state index contributed by atoms with van der Waals surface area (Å²) in [6, 6.07) is 16.2. The Hall–Kier alpha value is -3.71. The third kappa shape index (κ3) is 5.35. The zero-order chi connectivity index (χ0) is 25.3. The lowest BCUT2D eigenvalue weighted by Crippen LogP contribution is -2.54. The number of rotatable bonds is 5. The highest BCUT2D eigenvalue weighted by molar-refractivity contribution is 9.10. The molecular formula is C28H25BrN2O4. The van der Waals surface area contributed by atoms with Crippen molar-refractivity contribution in [2.45, 2.75) is 34.3 Å². The maximum Gasteiger partial charge on any atom is 0.335 e. The van der Waals surface area contributed by atoms with Crippen LogP contribution in [0.4, 0.5) is 10.5 Å². The molecule has 1 N–H and O–H groups in total. The Morgan fingerprint density at radius 2 is 1.60 bits per heavy atom. The van der Waals surface area contributed by atoms with Gasteiger partial charge in [0.2, 0.25) is 0 Å². The summed E-state index contributed by atoms with van der Waals surface area (Å²) in [6.45, 7) is 8.25. The molecule has 3 aromatic rings. The zero-order valence-corrected chi connectivity index (χ0v) is 21.5. The van der Waals surface area contributed by atoms with E-state index in [9.17, 15) is 14.4 Å². The second-order valence-electron chi connectivity index (χ2n) is 8.72. The van der Waals surface area contributed by atoms with Crippen LogP contribution in [0, 0.1) is 27.7 Å². The van der Waals surface area contributed by atoms with Crippen molar-refractivity contribution >= 4 is 45.5 Å².